The first-order valence-corrected chi connectivity index (χ1v) is 15.5. The second kappa shape index (κ2) is 13.4. The Morgan fingerprint density at radius 1 is 0.974 bits per heavy atom. The quantitative estimate of drug-likeness (QED) is 0.489. The molecule has 0 aromatic heterocycles. The molecule has 1 spiro atoms. The van der Waals surface area contributed by atoms with Crippen LogP contribution in [0.3, 0.4) is 0 Å². The predicted molar refractivity (Wildman–Crippen MR) is 150 cm³/mol. The highest BCUT2D eigenvalue weighted by atomic mass is 16.7. The van der Waals surface area contributed by atoms with Crippen LogP contribution in [0.5, 0.6) is 0 Å². The Bertz CT molecular complexity index is 764. The number of rotatable bonds is 9. The molecule has 2 amide bonds. The van der Waals surface area contributed by atoms with E-state index in [9.17, 15) is 9.59 Å². The topological polar surface area (TPSA) is 74.4 Å². The summed E-state index contributed by atoms with van der Waals surface area (Å²) >= 11 is 0. The van der Waals surface area contributed by atoms with E-state index in [-0.39, 0.29) is 23.9 Å². The summed E-state index contributed by atoms with van der Waals surface area (Å²) in [5.41, 5.74) is 0. The summed E-state index contributed by atoms with van der Waals surface area (Å²) in [4.78, 5) is 33.6. The second-order valence-corrected chi connectivity index (χ2v) is 13.2. The molecule has 8 nitrogen and oxygen atoms in total. The van der Waals surface area contributed by atoms with Crippen molar-refractivity contribution >= 4 is 11.8 Å². The number of hydrogen-bond acceptors (Lipinski definition) is 6. The molecule has 1 N–H and O–H groups in total. The fourth-order valence-electron chi connectivity index (χ4n) is 6.77. The summed E-state index contributed by atoms with van der Waals surface area (Å²) in [6.07, 6.45) is 6.83. The van der Waals surface area contributed by atoms with Crippen molar-refractivity contribution in [2.24, 2.45) is 23.7 Å². The largest absolute Gasteiger partial charge is 0.349 e. The summed E-state index contributed by atoms with van der Waals surface area (Å²) in [5, 5.41) is 3.38. The van der Waals surface area contributed by atoms with Crippen LogP contribution < -0.4 is 5.32 Å². The molecule has 218 valence electrons. The first kappa shape index (κ1) is 29.8. The molecule has 4 aliphatic heterocycles. The highest BCUT2D eigenvalue weighted by molar-refractivity contribution is 5.90. The zero-order chi connectivity index (χ0) is 27.3. The maximum Gasteiger partial charge on any atom is 0.245 e. The van der Waals surface area contributed by atoms with Gasteiger partial charge in [-0.2, -0.15) is 0 Å². The van der Waals surface area contributed by atoms with E-state index in [4.69, 9.17) is 9.47 Å². The standard InChI is InChI=1S/C30H54N4O4/c1-6-24-7-12-32(13-8-24)19-25-20-37-30(38-21-25)9-14-33(15-10-30)29(36)27(18-23(4)5)34-16-11-31-26(28(34)35)17-22(2)3/h22-27,31H,6-21H2,1-5H3/t26-,27?/m0/s1. The molecule has 0 bridgehead atoms. The highest BCUT2D eigenvalue weighted by Crippen LogP contribution is 2.34. The molecule has 4 aliphatic rings. The minimum atomic E-state index is -0.552. The monoisotopic (exact) mass is 534 g/mol. The summed E-state index contributed by atoms with van der Waals surface area (Å²) in [6.45, 7) is 18.4. The van der Waals surface area contributed by atoms with Crippen molar-refractivity contribution in [1.29, 1.82) is 0 Å². The number of amides is 2. The minimum absolute atomic E-state index is 0.0846. The van der Waals surface area contributed by atoms with Gasteiger partial charge >= 0.3 is 0 Å². The lowest BCUT2D eigenvalue weighted by Gasteiger charge is -2.47. The Hall–Kier alpha value is -1.22. The van der Waals surface area contributed by atoms with Gasteiger partial charge in [0.2, 0.25) is 11.8 Å². The van der Waals surface area contributed by atoms with Gasteiger partial charge in [-0.15, -0.1) is 0 Å². The van der Waals surface area contributed by atoms with Crippen LogP contribution in [0.15, 0.2) is 0 Å². The van der Waals surface area contributed by atoms with Crippen LogP contribution in [0.4, 0.5) is 0 Å². The lowest BCUT2D eigenvalue weighted by molar-refractivity contribution is -0.298. The molecule has 0 aromatic rings. The van der Waals surface area contributed by atoms with Crippen LogP contribution in [0.2, 0.25) is 0 Å². The van der Waals surface area contributed by atoms with Crippen molar-refractivity contribution in [1.82, 2.24) is 20.0 Å². The van der Waals surface area contributed by atoms with Crippen molar-refractivity contribution in [3.8, 4) is 0 Å². The molecule has 4 heterocycles. The maximum absolute atomic E-state index is 13.8. The van der Waals surface area contributed by atoms with Crippen molar-refractivity contribution in [2.45, 2.75) is 97.4 Å². The number of carbonyl (C=O) groups is 2. The molecule has 0 radical (unpaired) electrons. The highest BCUT2D eigenvalue weighted by Gasteiger charge is 2.44. The molecule has 4 saturated heterocycles. The average molecular weight is 535 g/mol. The van der Waals surface area contributed by atoms with Gasteiger partial charge in [-0.05, 0) is 56.5 Å². The first-order chi connectivity index (χ1) is 18.2. The van der Waals surface area contributed by atoms with Crippen LogP contribution in [0.25, 0.3) is 0 Å². The van der Waals surface area contributed by atoms with E-state index in [1.54, 1.807) is 0 Å². The second-order valence-electron chi connectivity index (χ2n) is 13.2. The van der Waals surface area contributed by atoms with Crippen molar-refractivity contribution < 1.29 is 19.1 Å². The lowest BCUT2D eigenvalue weighted by Crippen LogP contribution is -2.63. The predicted octanol–water partition coefficient (Wildman–Crippen LogP) is 3.35. The Morgan fingerprint density at radius 2 is 1.63 bits per heavy atom. The number of nitrogens with one attached hydrogen (secondary N) is 1. The van der Waals surface area contributed by atoms with Gasteiger partial charge in [0.05, 0.1) is 19.3 Å². The Balaban J connectivity index is 1.28. The number of carbonyl (C=O) groups excluding carboxylic acids is 2. The van der Waals surface area contributed by atoms with E-state index in [0.717, 1.165) is 38.6 Å². The van der Waals surface area contributed by atoms with Gasteiger partial charge < -0.3 is 29.5 Å². The third kappa shape index (κ3) is 7.49. The van der Waals surface area contributed by atoms with Crippen molar-refractivity contribution in [3.05, 3.63) is 0 Å². The molecule has 4 rings (SSSR count). The molecule has 38 heavy (non-hydrogen) atoms. The molecular weight excluding hydrogens is 480 g/mol. The van der Waals surface area contributed by atoms with E-state index in [0.29, 0.717) is 56.7 Å². The van der Waals surface area contributed by atoms with E-state index in [1.807, 2.05) is 9.80 Å². The summed E-state index contributed by atoms with van der Waals surface area (Å²) in [5.74, 6) is 1.71. The number of piperazine rings is 1. The molecule has 4 fully saturated rings. The zero-order valence-electron chi connectivity index (χ0n) is 24.8. The zero-order valence-corrected chi connectivity index (χ0v) is 24.8. The molecular formula is C30H54N4O4. The van der Waals surface area contributed by atoms with Crippen LogP contribution >= 0.6 is 0 Å². The van der Waals surface area contributed by atoms with Crippen LogP contribution in [-0.2, 0) is 19.1 Å². The minimum Gasteiger partial charge on any atom is -0.349 e. The molecule has 2 atom stereocenters. The van der Waals surface area contributed by atoms with Crippen molar-refractivity contribution in [2.75, 3.05) is 59.0 Å². The van der Waals surface area contributed by atoms with Gasteiger partial charge in [-0.1, -0.05) is 41.0 Å². The molecule has 0 aliphatic carbocycles. The fraction of sp³-hybridized carbons (Fsp3) is 0.933. The average Bonchev–Trinajstić information content (AvgIpc) is 2.90. The van der Waals surface area contributed by atoms with E-state index >= 15 is 0 Å². The van der Waals surface area contributed by atoms with Gasteiger partial charge in [0.15, 0.2) is 5.79 Å². The lowest BCUT2D eigenvalue weighted by atomic mass is 9.93. The number of nitrogens with zero attached hydrogens (tertiary/aromatic N) is 3. The third-order valence-electron chi connectivity index (χ3n) is 9.19. The molecule has 0 saturated carbocycles. The first-order valence-electron chi connectivity index (χ1n) is 15.5. The maximum atomic E-state index is 13.8. The fourth-order valence-corrected chi connectivity index (χ4v) is 6.77. The van der Waals surface area contributed by atoms with Gasteiger partial charge in [0.25, 0.3) is 0 Å². The van der Waals surface area contributed by atoms with Gasteiger partial charge in [0, 0.05) is 51.5 Å². The van der Waals surface area contributed by atoms with Gasteiger partial charge in [-0.3, -0.25) is 9.59 Å². The van der Waals surface area contributed by atoms with Crippen LogP contribution in [-0.4, -0.2) is 103 Å². The number of hydrogen-bond donors (Lipinski definition) is 1. The summed E-state index contributed by atoms with van der Waals surface area (Å²) in [7, 11) is 0. The van der Waals surface area contributed by atoms with Crippen molar-refractivity contribution in [3.63, 3.8) is 0 Å². The van der Waals surface area contributed by atoms with E-state index in [2.05, 4.69) is 44.8 Å². The Kier molecular flexibility index (Phi) is 10.5. The number of likely N-dealkylation sites (tertiary alicyclic amines) is 2. The number of piperidine rings is 2. The van der Waals surface area contributed by atoms with E-state index in [1.165, 1.54) is 32.4 Å². The number of ether oxygens (including phenoxy) is 2. The Labute approximate surface area is 231 Å². The Morgan fingerprint density at radius 3 is 2.21 bits per heavy atom. The normalized spacial score (nSPS) is 27.0. The molecule has 0 aromatic carbocycles. The van der Waals surface area contributed by atoms with E-state index < -0.39 is 5.79 Å². The summed E-state index contributed by atoms with van der Waals surface area (Å²) in [6, 6.07) is -0.575. The van der Waals surface area contributed by atoms with Crippen LogP contribution in [0, 0.1) is 23.7 Å². The molecule has 1 unspecified atom stereocenters. The van der Waals surface area contributed by atoms with Gasteiger partial charge in [0.1, 0.15) is 6.04 Å². The SMILES string of the molecule is CCC1CCN(CC2COC3(CCN(C(=O)C(CC(C)C)N4CCN[C@@H](CC(C)C)C4=O)CC3)OC2)CC1. The molecule has 8 heteroatoms. The third-order valence-corrected chi connectivity index (χ3v) is 9.19. The summed E-state index contributed by atoms with van der Waals surface area (Å²) < 4.78 is 12.8. The van der Waals surface area contributed by atoms with Gasteiger partial charge in [-0.25, -0.2) is 0 Å². The van der Waals surface area contributed by atoms with Crippen LogP contribution in [0.1, 0.15) is 79.6 Å². The smallest absolute Gasteiger partial charge is 0.245 e.